The van der Waals surface area contributed by atoms with Crippen LogP contribution in [0.25, 0.3) is 0 Å². The molecule has 0 unspecified atom stereocenters. The van der Waals surface area contributed by atoms with E-state index >= 15 is 4.79 Å². The van der Waals surface area contributed by atoms with E-state index in [1.807, 2.05) is 36.4 Å². The number of halogens is 1. The lowest BCUT2D eigenvalue weighted by molar-refractivity contribution is -0.127. The fourth-order valence-corrected chi connectivity index (χ4v) is 9.31. The standard InChI is InChI=1S/C41H33ClN2O7/c1-22(45)23-11-13-26(14-12-23)43-37(47)31-18-17-29-32(35(31)39(43)49)21-33-38(48)44(27-10-6-9-25(42)19-27)40(50)41(33,24-7-4-3-5-8-24)36(29)30-16-15-28(46)20-34(30)51-2/h3-17,19-20,31-33,35-36,46H,18,21H2,1-2H3/t31-,32+,33-,35-,36+,41+/m0/s1. The lowest BCUT2D eigenvalue weighted by Crippen LogP contribution is -2.53. The molecule has 2 saturated heterocycles. The largest absolute Gasteiger partial charge is 0.508 e. The van der Waals surface area contributed by atoms with Crippen LogP contribution in [0.4, 0.5) is 11.4 Å². The summed E-state index contributed by atoms with van der Waals surface area (Å²) in [4.78, 5) is 73.2. The molecule has 0 aromatic heterocycles. The van der Waals surface area contributed by atoms with Crippen molar-refractivity contribution in [2.45, 2.75) is 31.1 Å². The Hall–Kier alpha value is -5.54. The Labute approximate surface area is 299 Å². The van der Waals surface area contributed by atoms with Crippen molar-refractivity contribution in [2.24, 2.45) is 23.7 Å². The number of nitrogens with zero attached hydrogens (tertiary/aromatic N) is 2. The summed E-state index contributed by atoms with van der Waals surface area (Å²) in [6.45, 7) is 1.45. The topological polar surface area (TPSA) is 121 Å². The molecule has 256 valence electrons. The molecule has 4 amide bonds. The highest BCUT2D eigenvalue weighted by Crippen LogP contribution is 2.65. The van der Waals surface area contributed by atoms with E-state index in [2.05, 4.69) is 0 Å². The van der Waals surface area contributed by atoms with Gasteiger partial charge in [-0.15, -0.1) is 0 Å². The molecule has 4 aromatic carbocycles. The van der Waals surface area contributed by atoms with Crippen molar-refractivity contribution in [3.8, 4) is 11.5 Å². The second kappa shape index (κ2) is 12.1. The molecular weight excluding hydrogens is 668 g/mol. The number of allylic oxidation sites excluding steroid dienone is 2. The first-order valence-corrected chi connectivity index (χ1v) is 17.2. The summed E-state index contributed by atoms with van der Waals surface area (Å²) in [6, 6.07) is 26.9. The van der Waals surface area contributed by atoms with Crippen LogP contribution in [0, 0.1) is 23.7 Å². The van der Waals surface area contributed by atoms with Gasteiger partial charge in [-0.25, -0.2) is 4.90 Å². The van der Waals surface area contributed by atoms with Crippen LogP contribution in [-0.2, 0) is 24.6 Å². The van der Waals surface area contributed by atoms with Gasteiger partial charge in [0.15, 0.2) is 5.78 Å². The van der Waals surface area contributed by atoms with Crippen LogP contribution in [0.15, 0.2) is 109 Å². The van der Waals surface area contributed by atoms with Gasteiger partial charge in [0.1, 0.15) is 11.5 Å². The number of phenolic OH excluding ortho intramolecular Hbond substituents is 1. The third kappa shape index (κ3) is 4.71. The average Bonchev–Trinajstić information content (AvgIpc) is 3.52. The monoisotopic (exact) mass is 700 g/mol. The number of fused-ring (bicyclic) bond motifs is 4. The summed E-state index contributed by atoms with van der Waals surface area (Å²) >= 11 is 6.39. The third-order valence-electron chi connectivity index (χ3n) is 11.2. The predicted molar refractivity (Wildman–Crippen MR) is 190 cm³/mol. The number of hydrogen-bond donors (Lipinski definition) is 1. The highest BCUT2D eigenvalue weighted by molar-refractivity contribution is 6.32. The van der Waals surface area contributed by atoms with Crippen molar-refractivity contribution in [1.29, 1.82) is 0 Å². The summed E-state index contributed by atoms with van der Waals surface area (Å²) in [6.07, 6.45) is 2.35. The number of Topliss-reactive ketones (excluding diaryl/α,β-unsaturated/α-hetero) is 1. The van der Waals surface area contributed by atoms with Gasteiger partial charge in [-0.05, 0) is 79.8 Å². The third-order valence-corrected chi connectivity index (χ3v) is 11.5. The van der Waals surface area contributed by atoms with Crippen LogP contribution in [0.1, 0.15) is 47.2 Å². The van der Waals surface area contributed by atoms with Gasteiger partial charge >= 0.3 is 0 Å². The second-order valence-electron chi connectivity index (χ2n) is 13.6. The summed E-state index contributed by atoms with van der Waals surface area (Å²) in [5.74, 6) is -5.26. The van der Waals surface area contributed by atoms with Gasteiger partial charge in [-0.3, -0.25) is 28.9 Å². The van der Waals surface area contributed by atoms with Gasteiger partial charge < -0.3 is 9.84 Å². The molecule has 51 heavy (non-hydrogen) atoms. The molecule has 0 radical (unpaired) electrons. The first-order chi connectivity index (χ1) is 24.6. The number of rotatable bonds is 6. The van der Waals surface area contributed by atoms with Gasteiger partial charge in [0, 0.05) is 28.1 Å². The molecule has 10 heteroatoms. The summed E-state index contributed by atoms with van der Waals surface area (Å²) in [5.41, 5.74) is 1.65. The number of anilines is 2. The minimum absolute atomic E-state index is 0.0386. The molecular formula is C41H33ClN2O7. The molecule has 6 atom stereocenters. The Morgan fingerprint density at radius 2 is 1.57 bits per heavy atom. The fourth-order valence-electron chi connectivity index (χ4n) is 9.13. The van der Waals surface area contributed by atoms with Crippen molar-refractivity contribution >= 4 is 52.4 Å². The van der Waals surface area contributed by atoms with Crippen molar-refractivity contribution in [3.05, 3.63) is 130 Å². The van der Waals surface area contributed by atoms with Crippen molar-refractivity contribution in [1.82, 2.24) is 0 Å². The van der Waals surface area contributed by atoms with Crippen molar-refractivity contribution < 1.29 is 33.8 Å². The molecule has 0 bridgehead atoms. The number of ketones is 1. The highest BCUT2D eigenvalue weighted by atomic mass is 35.5. The number of phenols is 1. The lowest BCUT2D eigenvalue weighted by Gasteiger charge is -2.51. The van der Waals surface area contributed by atoms with Crippen molar-refractivity contribution in [3.63, 3.8) is 0 Å². The molecule has 4 aliphatic rings. The maximum absolute atomic E-state index is 15.4. The summed E-state index contributed by atoms with van der Waals surface area (Å²) < 4.78 is 5.84. The molecule has 1 N–H and O–H groups in total. The van der Waals surface area contributed by atoms with E-state index in [1.54, 1.807) is 54.6 Å². The van der Waals surface area contributed by atoms with Gasteiger partial charge in [0.2, 0.25) is 23.6 Å². The maximum Gasteiger partial charge on any atom is 0.246 e. The molecule has 2 heterocycles. The number of carbonyl (C=O) groups excluding carboxylic acids is 5. The maximum atomic E-state index is 15.4. The molecule has 1 saturated carbocycles. The number of benzene rings is 4. The van der Waals surface area contributed by atoms with E-state index in [0.29, 0.717) is 38.8 Å². The lowest BCUT2D eigenvalue weighted by atomic mass is 9.49. The van der Waals surface area contributed by atoms with Crippen LogP contribution in [0.3, 0.4) is 0 Å². The van der Waals surface area contributed by atoms with Crippen LogP contribution in [0.5, 0.6) is 11.5 Å². The molecule has 9 nitrogen and oxygen atoms in total. The Bertz CT molecular complexity index is 2180. The molecule has 0 spiro atoms. The van der Waals surface area contributed by atoms with Gasteiger partial charge in [0.25, 0.3) is 0 Å². The van der Waals surface area contributed by atoms with Crippen molar-refractivity contribution in [2.75, 3.05) is 16.9 Å². The Morgan fingerprint density at radius 1 is 0.824 bits per heavy atom. The quantitative estimate of drug-likeness (QED) is 0.136. The van der Waals surface area contributed by atoms with E-state index in [9.17, 15) is 24.3 Å². The number of aromatic hydroxyl groups is 1. The SMILES string of the molecule is COc1cc(O)ccc1[C@H]1C2=CC[C@@H]3C(=O)N(c4ccc(C(C)=O)cc4)C(=O)[C@@H]3[C@@H]2C[C@H]2C(=O)N(c3cccc(Cl)c3)C(=O)[C@@]12c1ccccc1. The Kier molecular flexibility index (Phi) is 7.72. The second-order valence-corrected chi connectivity index (χ2v) is 14.1. The van der Waals surface area contributed by atoms with Crippen LogP contribution < -0.4 is 14.5 Å². The van der Waals surface area contributed by atoms with Gasteiger partial charge in [0.05, 0.1) is 41.7 Å². The van der Waals surface area contributed by atoms with E-state index in [0.717, 1.165) is 5.57 Å². The summed E-state index contributed by atoms with van der Waals surface area (Å²) in [5, 5.41) is 10.9. The average molecular weight is 701 g/mol. The number of ether oxygens (including phenoxy) is 1. The van der Waals surface area contributed by atoms with Gasteiger partial charge in [-0.1, -0.05) is 65.7 Å². The highest BCUT2D eigenvalue weighted by Gasteiger charge is 2.70. The Morgan fingerprint density at radius 3 is 2.25 bits per heavy atom. The minimum atomic E-state index is -1.48. The zero-order chi connectivity index (χ0) is 35.8. The van der Waals surface area contributed by atoms with E-state index < -0.39 is 46.8 Å². The number of imide groups is 2. The van der Waals surface area contributed by atoms with Crippen LogP contribution in [-0.4, -0.2) is 41.6 Å². The van der Waals surface area contributed by atoms with E-state index in [4.69, 9.17) is 16.3 Å². The number of carbonyl (C=O) groups is 5. The normalized spacial score (nSPS) is 26.8. The number of amides is 4. The van der Waals surface area contributed by atoms with Crippen LogP contribution in [0.2, 0.25) is 5.02 Å². The van der Waals surface area contributed by atoms with E-state index in [-0.39, 0.29) is 36.2 Å². The number of hydrogen-bond acceptors (Lipinski definition) is 7. The van der Waals surface area contributed by atoms with E-state index in [1.165, 1.54) is 36.0 Å². The minimum Gasteiger partial charge on any atom is -0.508 e. The summed E-state index contributed by atoms with van der Waals surface area (Å²) in [7, 11) is 1.48. The van der Waals surface area contributed by atoms with Gasteiger partial charge in [-0.2, -0.15) is 0 Å². The Balaban J connectivity index is 1.34. The molecule has 4 aromatic rings. The molecule has 2 aliphatic carbocycles. The molecule has 8 rings (SSSR count). The zero-order valence-electron chi connectivity index (χ0n) is 27.8. The number of methoxy groups -OCH3 is 1. The first-order valence-electron chi connectivity index (χ1n) is 16.8. The predicted octanol–water partition coefficient (Wildman–Crippen LogP) is 6.62. The smallest absolute Gasteiger partial charge is 0.246 e. The molecule has 3 fully saturated rings. The fraction of sp³-hybridized carbons (Fsp3) is 0.244. The van der Waals surface area contributed by atoms with Crippen LogP contribution >= 0.6 is 11.6 Å². The first kappa shape index (κ1) is 32.7. The zero-order valence-corrected chi connectivity index (χ0v) is 28.5. The molecule has 2 aliphatic heterocycles.